The van der Waals surface area contributed by atoms with Crippen LogP contribution in [0.3, 0.4) is 0 Å². The third-order valence-electron chi connectivity index (χ3n) is 12.2. The van der Waals surface area contributed by atoms with Gasteiger partial charge in [-0.05, 0) is 57.8 Å². The summed E-state index contributed by atoms with van der Waals surface area (Å²) in [4.78, 5) is 13.0. The van der Waals surface area contributed by atoms with E-state index in [1.807, 2.05) is 6.08 Å². The van der Waals surface area contributed by atoms with Gasteiger partial charge < -0.3 is 40.3 Å². The second-order valence-corrected chi connectivity index (χ2v) is 18.0. The summed E-state index contributed by atoms with van der Waals surface area (Å²) in [5.74, 6) is -0.191. The molecule has 0 saturated carbocycles. The van der Waals surface area contributed by atoms with Crippen LogP contribution in [0, 0.1) is 0 Å². The zero-order chi connectivity index (χ0) is 45.1. The average Bonchev–Trinajstić information content (AvgIpc) is 3.27. The lowest BCUT2D eigenvalue weighted by atomic mass is 9.99. The Balaban J connectivity index is 2.32. The van der Waals surface area contributed by atoms with Gasteiger partial charge in [-0.1, -0.05) is 210 Å². The molecule has 0 aromatic heterocycles. The van der Waals surface area contributed by atoms with Gasteiger partial charge in [0.2, 0.25) is 5.91 Å². The molecule has 7 atom stereocenters. The first-order valence-electron chi connectivity index (χ1n) is 25.9. The average molecular weight is 876 g/mol. The number of amides is 1. The molecule has 1 aliphatic heterocycles. The van der Waals surface area contributed by atoms with Crippen molar-refractivity contribution in [2.24, 2.45) is 0 Å². The summed E-state index contributed by atoms with van der Waals surface area (Å²) in [5, 5.41) is 54.3. The van der Waals surface area contributed by atoms with E-state index in [2.05, 4.69) is 55.6 Å². The summed E-state index contributed by atoms with van der Waals surface area (Å²) in [7, 11) is 0. The van der Waals surface area contributed by atoms with Crippen molar-refractivity contribution in [1.82, 2.24) is 5.32 Å². The number of hydrogen-bond donors (Lipinski definition) is 6. The molecule has 0 aromatic carbocycles. The Morgan fingerprint density at radius 3 is 1.48 bits per heavy atom. The van der Waals surface area contributed by atoms with Crippen LogP contribution in [0.5, 0.6) is 0 Å². The lowest BCUT2D eigenvalue weighted by molar-refractivity contribution is -0.302. The van der Waals surface area contributed by atoms with Crippen molar-refractivity contribution in [2.75, 3.05) is 13.2 Å². The molecule has 0 spiro atoms. The Labute approximate surface area is 380 Å². The lowest BCUT2D eigenvalue weighted by Crippen LogP contribution is -2.60. The highest BCUT2D eigenvalue weighted by Gasteiger charge is 2.44. The molecule has 9 heteroatoms. The molecule has 0 bridgehead atoms. The van der Waals surface area contributed by atoms with E-state index in [-0.39, 0.29) is 12.5 Å². The molecule has 1 saturated heterocycles. The number of nitrogens with one attached hydrogen (secondary N) is 1. The van der Waals surface area contributed by atoms with Crippen LogP contribution in [0.4, 0.5) is 0 Å². The molecule has 1 rings (SSSR count). The topological polar surface area (TPSA) is 149 Å². The van der Waals surface area contributed by atoms with E-state index in [9.17, 15) is 30.3 Å². The molecule has 1 fully saturated rings. The monoisotopic (exact) mass is 876 g/mol. The van der Waals surface area contributed by atoms with E-state index in [4.69, 9.17) is 9.47 Å². The van der Waals surface area contributed by atoms with Gasteiger partial charge in [-0.15, -0.1) is 0 Å². The summed E-state index contributed by atoms with van der Waals surface area (Å²) in [6.45, 7) is 3.74. The standard InChI is InChI=1S/C53H97NO8/c1-3-5-7-9-11-13-15-17-19-21-23-25-26-28-30-32-34-36-38-40-42-47(56)46(45-61-53-52(60)51(59)50(58)48(44-55)62-53)54-49(57)43-41-39-37-35-33-31-29-27-24-22-20-18-16-14-12-10-8-6-4-2/h12,14,16,18,32,34,40,42,46-48,50-53,55-56,58-60H,3-11,13,15,17,19-31,33,35-39,41,43-45H2,1-2H3,(H,54,57)/b14-12-,18-16-,34-32+,42-40+. The van der Waals surface area contributed by atoms with Crippen LogP contribution in [0.2, 0.25) is 0 Å². The normalized spacial score (nSPS) is 20.7. The quantitative estimate of drug-likeness (QED) is 0.0201. The molecule has 1 heterocycles. The van der Waals surface area contributed by atoms with Gasteiger partial charge >= 0.3 is 0 Å². The Kier molecular flexibility index (Phi) is 40.4. The Morgan fingerprint density at radius 2 is 0.968 bits per heavy atom. The number of allylic oxidation sites excluding steroid dienone is 7. The Morgan fingerprint density at radius 1 is 0.548 bits per heavy atom. The fraction of sp³-hybridized carbons (Fsp3) is 0.830. The molecular weight excluding hydrogens is 779 g/mol. The van der Waals surface area contributed by atoms with Crippen molar-refractivity contribution in [3.05, 3.63) is 48.6 Å². The van der Waals surface area contributed by atoms with Gasteiger partial charge in [0.1, 0.15) is 24.4 Å². The minimum Gasteiger partial charge on any atom is -0.394 e. The van der Waals surface area contributed by atoms with Crippen LogP contribution < -0.4 is 5.32 Å². The fourth-order valence-electron chi connectivity index (χ4n) is 7.99. The largest absolute Gasteiger partial charge is 0.394 e. The van der Waals surface area contributed by atoms with Crippen LogP contribution in [-0.4, -0.2) is 87.5 Å². The maximum atomic E-state index is 13.0. The van der Waals surface area contributed by atoms with Crippen LogP contribution in [0.15, 0.2) is 48.6 Å². The molecule has 1 amide bonds. The first kappa shape index (κ1) is 58.2. The third kappa shape index (κ3) is 32.8. The highest BCUT2D eigenvalue weighted by Crippen LogP contribution is 2.23. The molecule has 9 nitrogen and oxygen atoms in total. The van der Waals surface area contributed by atoms with Gasteiger partial charge in [-0.2, -0.15) is 0 Å². The predicted octanol–water partition coefficient (Wildman–Crippen LogP) is 11.8. The minimum absolute atomic E-state index is 0.191. The molecule has 362 valence electrons. The number of rotatable bonds is 43. The fourth-order valence-corrected chi connectivity index (χ4v) is 7.99. The van der Waals surface area contributed by atoms with Crippen molar-refractivity contribution >= 4 is 5.91 Å². The minimum atomic E-state index is -1.57. The molecule has 7 unspecified atom stereocenters. The smallest absolute Gasteiger partial charge is 0.220 e. The van der Waals surface area contributed by atoms with Crippen molar-refractivity contribution in [3.63, 3.8) is 0 Å². The first-order valence-corrected chi connectivity index (χ1v) is 25.9. The van der Waals surface area contributed by atoms with E-state index in [1.54, 1.807) is 6.08 Å². The van der Waals surface area contributed by atoms with Crippen LogP contribution in [0.1, 0.15) is 226 Å². The van der Waals surface area contributed by atoms with Crippen molar-refractivity contribution in [1.29, 1.82) is 0 Å². The second kappa shape index (κ2) is 43.1. The zero-order valence-corrected chi connectivity index (χ0v) is 39.9. The van der Waals surface area contributed by atoms with E-state index in [0.717, 1.165) is 44.9 Å². The molecule has 0 aliphatic carbocycles. The number of aliphatic hydroxyl groups is 5. The van der Waals surface area contributed by atoms with Gasteiger partial charge in [-0.3, -0.25) is 4.79 Å². The second-order valence-electron chi connectivity index (χ2n) is 18.0. The number of hydrogen-bond acceptors (Lipinski definition) is 8. The first-order chi connectivity index (χ1) is 30.3. The summed E-state index contributed by atoms with van der Waals surface area (Å²) in [6.07, 6.45) is 48.7. The van der Waals surface area contributed by atoms with E-state index < -0.39 is 49.5 Å². The lowest BCUT2D eigenvalue weighted by Gasteiger charge is -2.40. The maximum Gasteiger partial charge on any atom is 0.220 e. The van der Waals surface area contributed by atoms with Gasteiger partial charge in [0, 0.05) is 6.42 Å². The van der Waals surface area contributed by atoms with Crippen LogP contribution >= 0.6 is 0 Å². The molecule has 6 N–H and O–H groups in total. The zero-order valence-electron chi connectivity index (χ0n) is 39.9. The van der Waals surface area contributed by atoms with E-state index in [0.29, 0.717) is 6.42 Å². The van der Waals surface area contributed by atoms with E-state index in [1.165, 1.54) is 161 Å². The SMILES string of the molecule is CCCCC/C=C\C=C/CCCCCCCCCCCCC(=O)NC(COC1OC(CO)C(O)C(O)C1O)C(O)/C=C/CC/C=C/CCCCCCCCCCCCCCCC. The van der Waals surface area contributed by atoms with Crippen LogP contribution in [0.25, 0.3) is 0 Å². The van der Waals surface area contributed by atoms with Gasteiger partial charge in [0.05, 0.1) is 25.4 Å². The number of carbonyl (C=O) groups excluding carboxylic acids is 1. The van der Waals surface area contributed by atoms with Crippen LogP contribution in [-0.2, 0) is 14.3 Å². The summed E-state index contributed by atoms with van der Waals surface area (Å²) in [6, 6.07) is -0.824. The van der Waals surface area contributed by atoms with Gasteiger partial charge in [0.15, 0.2) is 6.29 Å². The molecule has 0 aromatic rings. The van der Waals surface area contributed by atoms with Crippen molar-refractivity contribution < 1.29 is 39.8 Å². The van der Waals surface area contributed by atoms with Crippen molar-refractivity contribution in [3.8, 4) is 0 Å². The number of ether oxygens (including phenoxy) is 2. The van der Waals surface area contributed by atoms with E-state index >= 15 is 0 Å². The summed E-state index contributed by atoms with van der Waals surface area (Å²) >= 11 is 0. The highest BCUT2D eigenvalue weighted by atomic mass is 16.7. The number of carbonyl (C=O) groups is 1. The molecule has 1 aliphatic rings. The molecule has 0 radical (unpaired) electrons. The number of unbranched alkanes of at least 4 members (excludes halogenated alkanes) is 28. The van der Waals surface area contributed by atoms with Crippen molar-refractivity contribution in [2.45, 2.75) is 269 Å². The number of aliphatic hydroxyl groups excluding tert-OH is 5. The Bertz CT molecular complexity index is 1110. The highest BCUT2D eigenvalue weighted by molar-refractivity contribution is 5.76. The van der Waals surface area contributed by atoms with Gasteiger partial charge in [0.25, 0.3) is 0 Å². The summed E-state index contributed by atoms with van der Waals surface area (Å²) < 4.78 is 11.2. The maximum absolute atomic E-state index is 13.0. The molecule has 62 heavy (non-hydrogen) atoms. The Hall–Kier alpha value is -1.85. The molecular formula is C53H97NO8. The third-order valence-corrected chi connectivity index (χ3v) is 12.2. The van der Waals surface area contributed by atoms with Gasteiger partial charge in [-0.25, -0.2) is 0 Å². The summed E-state index contributed by atoms with van der Waals surface area (Å²) in [5.41, 5.74) is 0. The predicted molar refractivity (Wildman–Crippen MR) is 258 cm³/mol.